The second-order valence-electron chi connectivity index (χ2n) is 5.39. The number of hydrogen-bond acceptors (Lipinski definition) is 5. The van der Waals surface area contributed by atoms with E-state index in [1.165, 1.54) is 24.3 Å². The Balaban J connectivity index is 2.09. The molecule has 0 radical (unpaired) electrons. The largest absolute Gasteiger partial charge is 0.334 e. The molecule has 25 heavy (non-hydrogen) atoms. The highest BCUT2D eigenvalue weighted by molar-refractivity contribution is 7.89. The fraction of sp³-hybridized carbons (Fsp3) is 0.125. The summed E-state index contributed by atoms with van der Waals surface area (Å²) in [6, 6.07) is 10.0. The maximum Gasteiger partial charge on any atom is 0.263 e. The van der Waals surface area contributed by atoms with Crippen LogP contribution in [-0.4, -0.2) is 18.6 Å². The van der Waals surface area contributed by atoms with E-state index in [2.05, 4.69) is 10.1 Å². The van der Waals surface area contributed by atoms with Gasteiger partial charge in [-0.3, -0.25) is 0 Å². The van der Waals surface area contributed by atoms with Crippen molar-refractivity contribution in [2.45, 2.75) is 18.2 Å². The number of sulfonamides is 1. The Bertz CT molecular complexity index is 1030. The number of rotatable bonds is 4. The van der Waals surface area contributed by atoms with E-state index in [1.807, 2.05) is 0 Å². The summed E-state index contributed by atoms with van der Waals surface area (Å²) in [5.74, 6) is 0.00421. The topological polar surface area (TPSA) is 99.1 Å². The number of aromatic nitrogens is 2. The van der Waals surface area contributed by atoms with Gasteiger partial charge < -0.3 is 4.52 Å². The number of halogens is 2. The fourth-order valence-corrected chi connectivity index (χ4v) is 3.03. The highest BCUT2D eigenvalue weighted by Gasteiger charge is 2.21. The van der Waals surface area contributed by atoms with Gasteiger partial charge in [0.25, 0.3) is 12.3 Å². The van der Waals surface area contributed by atoms with Crippen LogP contribution in [0.2, 0.25) is 0 Å². The highest BCUT2D eigenvalue weighted by atomic mass is 32.2. The van der Waals surface area contributed by atoms with E-state index < -0.39 is 16.4 Å². The molecule has 2 N–H and O–H groups in total. The molecule has 0 atom stereocenters. The first-order valence-corrected chi connectivity index (χ1v) is 8.66. The van der Waals surface area contributed by atoms with Crippen molar-refractivity contribution in [2.75, 3.05) is 0 Å². The zero-order valence-corrected chi connectivity index (χ0v) is 13.8. The number of aryl methyl sites for hydroxylation is 1. The zero-order valence-electron chi connectivity index (χ0n) is 13.0. The van der Waals surface area contributed by atoms with Crippen molar-refractivity contribution in [2.24, 2.45) is 5.14 Å². The third-order valence-electron chi connectivity index (χ3n) is 3.49. The molecule has 9 heteroatoms. The Morgan fingerprint density at radius 1 is 1.16 bits per heavy atom. The van der Waals surface area contributed by atoms with Crippen molar-refractivity contribution >= 4 is 10.0 Å². The van der Waals surface area contributed by atoms with Crippen molar-refractivity contribution in [3.05, 3.63) is 53.6 Å². The number of nitrogens with two attached hydrogens (primary N) is 1. The monoisotopic (exact) mass is 365 g/mol. The Hall–Kier alpha value is -2.65. The lowest BCUT2D eigenvalue weighted by molar-refractivity contribution is 0.151. The average Bonchev–Trinajstić information content (AvgIpc) is 3.03. The normalized spacial score (nSPS) is 11.9. The Labute approximate surface area is 142 Å². The van der Waals surface area contributed by atoms with Crippen LogP contribution in [0.1, 0.15) is 17.6 Å². The average molecular weight is 365 g/mol. The summed E-state index contributed by atoms with van der Waals surface area (Å²) in [7, 11) is -4.00. The molecule has 0 unspecified atom stereocenters. The molecule has 0 saturated heterocycles. The van der Waals surface area contributed by atoms with Gasteiger partial charge in [-0.1, -0.05) is 35.0 Å². The summed E-state index contributed by atoms with van der Waals surface area (Å²) in [4.78, 5) is 3.97. The Morgan fingerprint density at radius 3 is 2.60 bits per heavy atom. The molecular formula is C16H13F2N3O3S. The molecule has 1 aromatic heterocycles. The quantitative estimate of drug-likeness (QED) is 0.765. The first-order chi connectivity index (χ1) is 11.8. The molecule has 0 aliphatic rings. The SMILES string of the molecule is Cc1ccc(S(N)(=O)=O)c(-c2nc(-c3cccc(C(F)F)c3)no2)c1. The summed E-state index contributed by atoms with van der Waals surface area (Å²) in [6.07, 6.45) is -2.63. The summed E-state index contributed by atoms with van der Waals surface area (Å²) in [5.41, 5.74) is 1.08. The number of nitrogens with zero attached hydrogens (tertiary/aromatic N) is 2. The van der Waals surface area contributed by atoms with Gasteiger partial charge in [-0.15, -0.1) is 0 Å². The maximum absolute atomic E-state index is 12.8. The molecule has 2 aromatic carbocycles. The maximum atomic E-state index is 12.8. The van der Waals surface area contributed by atoms with Crippen LogP contribution >= 0.6 is 0 Å². The molecule has 0 bridgehead atoms. The van der Waals surface area contributed by atoms with Crippen LogP contribution in [0.15, 0.2) is 51.9 Å². The Morgan fingerprint density at radius 2 is 1.92 bits per heavy atom. The minimum Gasteiger partial charge on any atom is -0.334 e. The molecule has 0 spiro atoms. The summed E-state index contributed by atoms with van der Waals surface area (Å²) < 4.78 is 54.2. The van der Waals surface area contributed by atoms with E-state index >= 15 is 0 Å². The van der Waals surface area contributed by atoms with E-state index in [0.29, 0.717) is 5.56 Å². The van der Waals surface area contributed by atoms with Crippen molar-refractivity contribution < 1.29 is 21.7 Å². The molecule has 6 nitrogen and oxygen atoms in total. The molecule has 3 rings (SSSR count). The molecular weight excluding hydrogens is 352 g/mol. The van der Waals surface area contributed by atoms with Gasteiger partial charge in [0.05, 0.1) is 10.5 Å². The summed E-state index contributed by atoms with van der Waals surface area (Å²) >= 11 is 0. The molecule has 0 amide bonds. The van der Waals surface area contributed by atoms with Gasteiger partial charge in [0, 0.05) is 11.1 Å². The standard InChI is InChI=1S/C16H13F2N3O3S/c1-9-5-6-13(25(19,22)23)12(7-9)16-20-15(21-24-16)11-4-2-3-10(8-11)14(17)18/h2-8,14H,1H3,(H2,19,22,23). The number of benzene rings is 2. The van der Waals surface area contributed by atoms with Crippen molar-refractivity contribution in [1.29, 1.82) is 0 Å². The third kappa shape index (κ3) is 3.57. The predicted molar refractivity (Wildman–Crippen MR) is 86.2 cm³/mol. The van der Waals surface area contributed by atoms with Crippen LogP contribution in [0.3, 0.4) is 0 Å². The molecule has 0 aliphatic carbocycles. The van der Waals surface area contributed by atoms with Crippen LogP contribution in [0.25, 0.3) is 22.8 Å². The minimum absolute atomic E-state index is 0.0647. The summed E-state index contributed by atoms with van der Waals surface area (Å²) in [6.45, 7) is 1.76. The lowest BCUT2D eigenvalue weighted by Crippen LogP contribution is -2.13. The van der Waals surface area contributed by atoms with Crippen LogP contribution in [0, 0.1) is 6.92 Å². The van der Waals surface area contributed by atoms with E-state index in [1.54, 1.807) is 25.1 Å². The van der Waals surface area contributed by atoms with Gasteiger partial charge in [-0.2, -0.15) is 4.98 Å². The number of alkyl halides is 2. The van der Waals surface area contributed by atoms with Gasteiger partial charge in [-0.25, -0.2) is 22.3 Å². The van der Waals surface area contributed by atoms with Crippen LogP contribution < -0.4 is 5.14 Å². The number of hydrogen-bond donors (Lipinski definition) is 1. The summed E-state index contributed by atoms with van der Waals surface area (Å²) in [5, 5.41) is 8.96. The van der Waals surface area contributed by atoms with E-state index in [4.69, 9.17) is 9.66 Å². The van der Waals surface area contributed by atoms with Gasteiger partial charge in [-0.05, 0) is 25.1 Å². The van der Waals surface area contributed by atoms with Crippen LogP contribution in [0.5, 0.6) is 0 Å². The second-order valence-corrected chi connectivity index (χ2v) is 6.92. The third-order valence-corrected chi connectivity index (χ3v) is 4.46. The predicted octanol–water partition coefficient (Wildman–Crippen LogP) is 3.30. The lowest BCUT2D eigenvalue weighted by atomic mass is 10.1. The highest BCUT2D eigenvalue weighted by Crippen LogP contribution is 2.29. The molecule has 3 aromatic rings. The zero-order chi connectivity index (χ0) is 18.2. The van der Waals surface area contributed by atoms with Crippen molar-refractivity contribution in [1.82, 2.24) is 10.1 Å². The van der Waals surface area contributed by atoms with E-state index in [0.717, 1.165) is 5.56 Å². The van der Waals surface area contributed by atoms with Crippen molar-refractivity contribution in [3.63, 3.8) is 0 Å². The van der Waals surface area contributed by atoms with Crippen LogP contribution in [0.4, 0.5) is 8.78 Å². The molecule has 0 fully saturated rings. The van der Waals surface area contributed by atoms with Gasteiger partial charge in [0.2, 0.25) is 15.8 Å². The lowest BCUT2D eigenvalue weighted by Gasteiger charge is -2.04. The molecule has 130 valence electrons. The first kappa shape index (κ1) is 17.2. The van der Waals surface area contributed by atoms with Gasteiger partial charge in [0.15, 0.2) is 0 Å². The fourth-order valence-electron chi connectivity index (χ4n) is 2.32. The smallest absolute Gasteiger partial charge is 0.263 e. The first-order valence-electron chi connectivity index (χ1n) is 7.12. The molecule has 0 aliphatic heterocycles. The second kappa shape index (κ2) is 6.34. The van der Waals surface area contributed by atoms with Crippen molar-refractivity contribution in [3.8, 4) is 22.8 Å². The van der Waals surface area contributed by atoms with Gasteiger partial charge in [0.1, 0.15) is 0 Å². The van der Waals surface area contributed by atoms with Crippen LogP contribution in [-0.2, 0) is 10.0 Å². The Kier molecular flexibility index (Phi) is 4.36. The van der Waals surface area contributed by atoms with Gasteiger partial charge >= 0.3 is 0 Å². The molecule has 0 saturated carbocycles. The van der Waals surface area contributed by atoms with E-state index in [-0.39, 0.29) is 27.7 Å². The number of primary sulfonamides is 1. The minimum atomic E-state index is -4.00. The van der Waals surface area contributed by atoms with E-state index in [9.17, 15) is 17.2 Å². The molecule has 1 heterocycles.